The van der Waals surface area contributed by atoms with E-state index in [1.165, 1.54) is 19.3 Å². The van der Waals surface area contributed by atoms with E-state index in [0.29, 0.717) is 12.2 Å². The number of thioether (sulfide) groups is 1. The quantitative estimate of drug-likeness (QED) is 0.847. The van der Waals surface area contributed by atoms with E-state index in [2.05, 4.69) is 11.4 Å². The van der Waals surface area contributed by atoms with Crippen LogP contribution in [-0.4, -0.2) is 35.2 Å². The van der Waals surface area contributed by atoms with Crippen LogP contribution in [0.1, 0.15) is 51.9 Å². The molecule has 112 valence electrons. The summed E-state index contributed by atoms with van der Waals surface area (Å²) in [6.07, 6.45) is 6.99. The second-order valence-electron chi connectivity index (χ2n) is 5.78. The van der Waals surface area contributed by atoms with Crippen molar-refractivity contribution in [2.24, 2.45) is 0 Å². The molecular weight excluding hydrogens is 272 g/mol. The van der Waals surface area contributed by atoms with Crippen LogP contribution in [-0.2, 0) is 9.53 Å². The average Bonchev–Trinajstić information content (AvgIpc) is 2.94. The summed E-state index contributed by atoms with van der Waals surface area (Å²) in [6, 6.07) is 2.28. The second-order valence-corrected chi connectivity index (χ2v) is 6.88. The van der Waals surface area contributed by atoms with Crippen molar-refractivity contribution >= 4 is 17.7 Å². The van der Waals surface area contributed by atoms with Gasteiger partial charge in [0, 0.05) is 5.75 Å². The minimum absolute atomic E-state index is 0.109. The molecule has 5 heteroatoms. The first-order chi connectivity index (χ1) is 9.69. The first-order valence-corrected chi connectivity index (χ1v) is 8.81. The molecule has 1 aliphatic carbocycles. The molecule has 1 N–H and O–H groups in total. The number of carbonyl (C=O) groups is 1. The molecule has 2 fully saturated rings. The van der Waals surface area contributed by atoms with Crippen molar-refractivity contribution in [1.29, 1.82) is 5.26 Å². The van der Waals surface area contributed by atoms with Gasteiger partial charge < -0.3 is 10.1 Å². The average molecular weight is 296 g/mol. The van der Waals surface area contributed by atoms with E-state index < -0.39 is 11.6 Å². The molecule has 20 heavy (non-hydrogen) atoms. The van der Waals surface area contributed by atoms with Crippen LogP contribution in [0.25, 0.3) is 0 Å². The zero-order valence-electron chi connectivity index (χ0n) is 12.2. The summed E-state index contributed by atoms with van der Waals surface area (Å²) in [5.41, 5.74) is -0.676. The van der Waals surface area contributed by atoms with E-state index in [9.17, 15) is 10.1 Å². The summed E-state index contributed by atoms with van der Waals surface area (Å²) in [6.45, 7) is 1.97. The molecule has 2 atom stereocenters. The number of amides is 1. The molecule has 0 bridgehead atoms. The monoisotopic (exact) mass is 296 g/mol. The van der Waals surface area contributed by atoms with Crippen LogP contribution in [0, 0.1) is 11.3 Å². The molecule has 1 amide bonds. The van der Waals surface area contributed by atoms with E-state index >= 15 is 0 Å². The highest BCUT2D eigenvalue weighted by atomic mass is 32.2. The maximum absolute atomic E-state index is 12.4. The Kier molecular flexibility index (Phi) is 5.74. The molecule has 0 spiro atoms. The summed E-state index contributed by atoms with van der Waals surface area (Å²) < 4.78 is 5.97. The minimum atomic E-state index is -0.676. The first-order valence-electron chi connectivity index (χ1n) is 7.65. The minimum Gasteiger partial charge on any atom is -0.365 e. The second kappa shape index (κ2) is 7.33. The molecule has 0 aromatic carbocycles. The Morgan fingerprint density at radius 1 is 1.50 bits per heavy atom. The Labute approximate surface area is 125 Å². The number of hydrogen-bond acceptors (Lipinski definition) is 4. The van der Waals surface area contributed by atoms with Crippen molar-refractivity contribution in [1.82, 2.24) is 5.32 Å². The van der Waals surface area contributed by atoms with Gasteiger partial charge in [-0.3, -0.25) is 4.79 Å². The number of rotatable bonds is 5. The standard InChI is InChI=1S/C15H24N2O2S/c1-2-13(19-12-6-4-3-5-7-12)14(18)17-15(10-16)8-9-20-11-15/h12-13H,2-9,11H2,1H3,(H,17,18). The van der Waals surface area contributed by atoms with Crippen molar-refractivity contribution < 1.29 is 9.53 Å². The van der Waals surface area contributed by atoms with Gasteiger partial charge in [-0.2, -0.15) is 17.0 Å². The Hall–Kier alpha value is -0.730. The van der Waals surface area contributed by atoms with Crippen molar-refractivity contribution in [3.05, 3.63) is 0 Å². The van der Waals surface area contributed by atoms with Crippen molar-refractivity contribution in [2.75, 3.05) is 11.5 Å². The highest BCUT2D eigenvalue weighted by Crippen LogP contribution is 2.28. The van der Waals surface area contributed by atoms with Gasteiger partial charge in [0.05, 0.1) is 12.2 Å². The molecule has 1 aliphatic heterocycles. The van der Waals surface area contributed by atoms with E-state index in [4.69, 9.17) is 4.74 Å². The smallest absolute Gasteiger partial charge is 0.250 e. The third-order valence-electron chi connectivity index (χ3n) is 4.17. The fourth-order valence-electron chi connectivity index (χ4n) is 2.87. The Morgan fingerprint density at radius 3 is 2.80 bits per heavy atom. The van der Waals surface area contributed by atoms with Crippen LogP contribution in [0.4, 0.5) is 0 Å². The van der Waals surface area contributed by atoms with Gasteiger partial charge in [0.15, 0.2) is 0 Å². The summed E-state index contributed by atoms with van der Waals surface area (Å²) >= 11 is 1.72. The van der Waals surface area contributed by atoms with E-state index in [1.807, 2.05) is 6.92 Å². The zero-order chi connectivity index (χ0) is 14.4. The van der Waals surface area contributed by atoms with Gasteiger partial charge in [-0.1, -0.05) is 26.2 Å². The number of hydrogen-bond donors (Lipinski definition) is 1. The summed E-state index contributed by atoms with van der Waals surface area (Å²) in [5.74, 6) is 1.52. The summed E-state index contributed by atoms with van der Waals surface area (Å²) in [5, 5.41) is 12.3. The highest BCUT2D eigenvalue weighted by Gasteiger charge is 2.38. The largest absolute Gasteiger partial charge is 0.365 e. The van der Waals surface area contributed by atoms with Gasteiger partial charge in [-0.15, -0.1) is 0 Å². The Balaban J connectivity index is 1.89. The first kappa shape index (κ1) is 15.7. The van der Waals surface area contributed by atoms with Gasteiger partial charge in [0.2, 0.25) is 5.91 Å². The third-order valence-corrected chi connectivity index (χ3v) is 5.36. The Bertz CT molecular complexity index is 369. The third kappa shape index (κ3) is 3.89. The summed E-state index contributed by atoms with van der Waals surface area (Å²) in [4.78, 5) is 12.4. The van der Waals surface area contributed by atoms with Crippen LogP contribution in [0.15, 0.2) is 0 Å². The lowest BCUT2D eigenvalue weighted by atomic mass is 9.97. The SMILES string of the molecule is CCC(OC1CCCCC1)C(=O)NC1(C#N)CCSC1. The number of nitriles is 1. The van der Waals surface area contributed by atoms with E-state index in [-0.39, 0.29) is 12.0 Å². The van der Waals surface area contributed by atoms with Crippen molar-refractivity contribution in [3.63, 3.8) is 0 Å². The molecule has 1 saturated carbocycles. The molecule has 4 nitrogen and oxygen atoms in total. The normalized spacial score (nSPS) is 28.8. The number of nitrogens with one attached hydrogen (secondary N) is 1. The van der Waals surface area contributed by atoms with Gasteiger partial charge in [0.1, 0.15) is 11.6 Å². The number of ether oxygens (including phenoxy) is 1. The lowest BCUT2D eigenvalue weighted by Crippen LogP contribution is -2.52. The topological polar surface area (TPSA) is 62.1 Å². The van der Waals surface area contributed by atoms with Crippen molar-refractivity contribution in [2.45, 2.75) is 69.6 Å². The van der Waals surface area contributed by atoms with E-state index in [0.717, 1.165) is 25.0 Å². The highest BCUT2D eigenvalue weighted by molar-refractivity contribution is 7.99. The lowest BCUT2D eigenvalue weighted by molar-refractivity contribution is -0.139. The van der Waals surface area contributed by atoms with Crippen LogP contribution in [0.2, 0.25) is 0 Å². The predicted molar refractivity (Wildman–Crippen MR) is 80.5 cm³/mol. The zero-order valence-corrected chi connectivity index (χ0v) is 13.0. The molecule has 2 unspecified atom stereocenters. The van der Waals surface area contributed by atoms with E-state index in [1.54, 1.807) is 11.8 Å². The van der Waals surface area contributed by atoms with Crippen LogP contribution < -0.4 is 5.32 Å². The molecule has 0 radical (unpaired) electrons. The van der Waals surface area contributed by atoms with Crippen LogP contribution in [0.5, 0.6) is 0 Å². The fourth-order valence-corrected chi connectivity index (χ4v) is 4.14. The van der Waals surface area contributed by atoms with Gasteiger partial charge >= 0.3 is 0 Å². The van der Waals surface area contributed by atoms with Gasteiger partial charge in [-0.05, 0) is 31.4 Å². The van der Waals surface area contributed by atoms with Gasteiger partial charge in [-0.25, -0.2) is 0 Å². The molecule has 0 aromatic rings. The number of nitrogens with zero attached hydrogens (tertiary/aromatic N) is 1. The molecule has 1 saturated heterocycles. The lowest BCUT2D eigenvalue weighted by Gasteiger charge is -2.29. The Morgan fingerprint density at radius 2 is 2.25 bits per heavy atom. The fraction of sp³-hybridized carbons (Fsp3) is 0.867. The molecule has 1 heterocycles. The summed E-state index contributed by atoms with van der Waals surface area (Å²) in [7, 11) is 0. The predicted octanol–water partition coefficient (Wildman–Crippen LogP) is 2.63. The molecular formula is C15H24N2O2S. The van der Waals surface area contributed by atoms with Crippen LogP contribution >= 0.6 is 11.8 Å². The number of carbonyl (C=O) groups excluding carboxylic acids is 1. The maximum atomic E-state index is 12.4. The molecule has 0 aromatic heterocycles. The maximum Gasteiger partial charge on any atom is 0.250 e. The van der Waals surface area contributed by atoms with Gasteiger partial charge in [0.25, 0.3) is 0 Å². The van der Waals surface area contributed by atoms with Crippen LogP contribution in [0.3, 0.4) is 0 Å². The molecule has 2 aliphatic rings. The van der Waals surface area contributed by atoms with Crippen molar-refractivity contribution in [3.8, 4) is 6.07 Å². The molecule has 2 rings (SSSR count).